The summed E-state index contributed by atoms with van der Waals surface area (Å²) in [5, 5.41) is 11.9. The molecule has 0 spiro atoms. The zero-order chi connectivity index (χ0) is 17.1. The summed E-state index contributed by atoms with van der Waals surface area (Å²) in [5.41, 5.74) is 3.87. The van der Waals surface area contributed by atoms with Gasteiger partial charge in [0.05, 0.1) is 24.9 Å². The molecule has 3 aromatic rings. The number of aromatic nitrogens is 4. The molecule has 2 aromatic heterocycles. The van der Waals surface area contributed by atoms with Gasteiger partial charge in [0.25, 0.3) is 0 Å². The van der Waals surface area contributed by atoms with E-state index in [-0.39, 0.29) is 11.9 Å². The molecule has 4 rings (SSSR count). The van der Waals surface area contributed by atoms with Crippen LogP contribution >= 0.6 is 0 Å². The largest absolute Gasteiger partial charge is 0.369 e. The second-order valence-electron chi connectivity index (χ2n) is 5.99. The smallest absolute Gasteiger partial charge is 0.123 e. The van der Waals surface area contributed by atoms with Crippen LogP contribution < -0.4 is 5.32 Å². The Morgan fingerprint density at radius 3 is 2.76 bits per heavy atom. The highest BCUT2D eigenvalue weighted by Gasteiger charge is 2.24. The summed E-state index contributed by atoms with van der Waals surface area (Å²) in [6.45, 7) is 2.51. The average Bonchev–Trinajstić information content (AvgIpc) is 3.07. The molecular formula is C18H18FN5O. The van der Waals surface area contributed by atoms with Gasteiger partial charge in [-0.3, -0.25) is 4.98 Å². The Hall–Kier alpha value is -2.64. The lowest BCUT2D eigenvalue weighted by atomic mass is 10.1. The molecule has 6 nitrogen and oxygen atoms in total. The minimum atomic E-state index is -0.219. The van der Waals surface area contributed by atoms with E-state index < -0.39 is 0 Å². The summed E-state index contributed by atoms with van der Waals surface area (Å²) < 4.78 is 20.8. The quantitative estimate of drug-likeness (QED) is 0.772. The Kier molecular flexibility index (Phi) is 4.49. The summed E-state index contributed by atoms with van der Waals surface area (Å²) in [4.78, 5) is 4.03. The molecule has 25 heavy (non-hydrogen) atoms. The molecule has 0 aliphatic carbocycles. The van der Waals surface area contributed by atoms with E-state index in [1.165, 1.54) is 12.1 Å². The van der Waals surface area contributed by atoms with Crippen LogP contribution in [0, 0.1) is 5.82 Å². The first-order valence-electron chi connectivity index (χ1n) is 8.19. The minimum absolute atomic E-state index is 0.0277. The number of nitrogens with one attached hydrogen (secondary N) is 1. The van der Waals surface area contributed by atoms with E-state index in [0.29, 0.717) is 26.2 Å². The number of nitrogens with zero attached hydrogens (tertiary/aromatic N) is 4. The first kappa shape index (κ1) is 15.9. The maximum Gasteiger partial charge on any atom is 0.123 e. The topological polar surface area (TPSA) is 64.9 Å². The average molecular weight is 339 g/mol. The van der Waals surface area contributed by atoms with Crippen molar-refractivity contribution in [3.8, 4) is 11.3 Å². The number of hydrogen-bond donors (Lipinski definition) is 1. The van der Waals surface area contributed by atoms with Crippen molar-refractivity contribution in [3.05, 3.63) is 65.9 Å². The molecular weight excluding hydrogens is 321 g/mol. The maximum absolute atomic E-state index is 12.9. The highest BCUT2D eigenvalue weighted by Crippen LogP contribution is 2.24. The number of halogens is 1. The lowest BCUT2D eigenvalue weighted by molar-refractivity contribution is 0.00125. The van der Waals surface area contributed by atoms with Crippen molar-refractivity contribution in [2.75, 3.05) is 6.54 Å². The summed E-state index contributed by atoms with van der Waals surface area (Å²) in [6.07, 6.45) is 3.51. The predicted molar refractivity (Wildman–Crippen MR) is 89.9 cm³/mol. The van der Waals surface area contributed by atoms with Crippen molar-refractivity contribution in [1.29, 1.82) is 0 Å². The lowest BCUT2D eigenvalue weighted by Crippen LogP contribution is -2.36. The summed E-state index contributed by atoms with van der Waals surface area (Å²) in [7, 11) is 0. The molecule has 0 radical (unpaired) electrons. The molecule has 1 aliphatic heterocycles. The summed E-state index contributed by atoms with van der Waals surface area (Å²) in [5.74, 6) is -0.219. The molecule has 128 valence electrons. The third-order valence-corrected chi connectivity index (χ3v) is 4.24. The van der Waals surface area contributed by atoms with Gasteiger partial charge in [0.1, 0.15) is 11.5 Å². The molecule has 0 saturated heterocycles. The third-order valence-electron chi connectivity index (χ3n) is 4.24. The van der Waals surface area contributed by atoms with Gasteiger partial charge in [0.15, 0.2) is 0 Å². The lowest BCUT2D eigenvalue weighted by Gasteiger charge is -2.24. The van der Waals surface area contributed by atoms with Crippen LogP contribution in [0.2, 0.25) is 0 Å². The van der Waals surface area contributed by atoms with Crippen molar-refractivity contribution < 1.29 is 9.13 Å². The fourth-order valence-corrected chi connectivity index (χ4v) is 2.90. The Morgan fingerprint density at radius 1 is 1.16 bits per heavy atom. The zero-order valence-corrected chi connectivity index (χ0v) is 13.6. The fourth-order valence-electron chi connectivity index (χ4n) is 2.90. The Labute approximate surface area is 144 Å². The van der Waals surface area contributed by atoms with Crippen LogP contribution in [-0.4, -0.2) is 32.6 Å². The molecule has 3 heterocycles. The molecule has 1 aromatic carbocycles. The monoisotopic (exact) mass is 339 g/mol. The van der Waals surface area contributed by atoms with E-state index in [9.17, 15) is 4.39 Å². The Morgan fingerprint density at radius 2 is 1.96 bits per heavy atom. The fraction of sp³-hybridized carbons (Fsp3) is 0.278. The summed E-state index contributed by atoms with van der Waals surface area (Å²) in [6, 6.07) is 10.3. The molecule has 0 saturated carbocycles. The molecule has 0 bridgehead atoms. The van der Waals surface area contributed by atoms with Crippen LogP contribution in [0.5, 0.6) is 0 Å². The second-order valence-corrected chi connectivity index (χ2v) is 5.99. The van der Waals surface area contributed by atoms with Gasteiger partial charge < -0.3 is 10.1 Å². The summed E-state index contributed by atoms with van der Waals surface area (Å²) >= 11 is 0. The molecule has 0 unspecified atom stereocenters. The van der Waals surface area contributed by atoms with Gasteiger partial charge in [-0.2, -0.15) is 0 Å². The number of ether oxygens (including phenoxy) is 1. The van der Waals surface area contributed by atoms with Crippen molar-refractivity contribution in [3.63, 3.8) is 0 Å². The molecule has 1 atom stereocenters. The van der Waals surface area contributed by atoms with E-state index in [1.54, 1.807) is 24.5 Å². The highest BCUT2D eigenvalue weighted by atomic mass is 19.1. The molecule has 1 N–H and O–H groups in total. The van der Waals surface area contributed by atoms with Gasteiger partial charge in [0.2, 0.25) is 0 Å². The first-order valence-corrected chi connectivity index (χ1v) is 8.19. The van der Waals surface area contributed by atoms with Crippen LogP contribution in [0.4, 0.5) is 4.39 Å². The van der Waals surface area contributed by atoms with Gasteiger partial charge in [-0.1, -0.05) is 17.3 Å². The van der Waals surface area contributed by atoms with E-state index >= 15 is 0 Å². The van der Waals surface area contributed by atoms with E-state index in [0.717, 1.165) is 22.5 Å². The third kappa shape index (κ3) is 3.57. The number of rotatable bonds is 5. The SMILES string of the molecule is Fc1ccc(CNC[C@@H]2Cn3nnc(-c4ccncc4)c3CO2)cc1. The highest BCUT2D eigenvalue weighted by molar-refractivity contribution is 5.60. The number of hydrogen-bond acceptors (Lipinski definition) is 5. The normalized spacial score (nSPS) is 16.6. The van der Waals surface area contributed by atoms with Crippen LogP contribution in [0.25, 0.3) is 11.3 Å². The van der Waals surface area contributed by atoms with Gasteiger partial charge in [-0.05, 0) is 29.8 Å². The zero-order valence-electron chi connectivity index (χ0n) is 13.6. The van der Waals surface area contributed by atoms with Crippen molar-refractivity contribution in [2.24, 2.45) is 0 Å². The molecule has 7 heteroatoms. The van der Waals surface area contributed by atoms with Crippen molar-refractivity contribution in [1.82, 2.24) is 25.3 Å². The van der Waals surface area contributed by atoms with Gasteiger partial charge in [0, 0.05) is 31.0 Å². The first-order chi connectivity index (χ1) is 12.3. The van der Waals surface area contributed by atoms with Gasteiger partial charge in [-0.25, -0.2) is 9.07 Å². The standard InChI is InChI=1S/C18H18FN5O/c19-15-3-1-13(2-4-15)9-21-10-16-11-24-17(12-25-16)18(22-23-24)14-5-7-20-8-6-14/h1-8,16,21H,9-12H2/t16-/m1/s1. The van der Waals surface area contributed by atoms with Gasteiger partial charge in [-0.15, -0.1) is 5.10 Å². The number of pyridine rings is 1. The predicted octanol–water partition coefficient (Wildman–Crippen LogP) is 2.17. The molecule has 0 amide bonds. The van der Waals surface area contributed by atoms with Crippen molar-refractivity contribution in [2.45, 2.75) is 25.8 Å². The Balaban J connectivity index is 1.36. The number of benzene rings is 1. The van der Waals surface area contributed by atoms with E-state index in [4.69, 9.17) is 4.74 Å². The number of fused-ring (bicyclic) bond motifs is 1. The Bertz CT molecular complexity index is 834. The van der Waals surface area contributed by atoms with Crippen LogP contribution in [-0.2, 0) is 24.4 Å². The van der Waals surface area contributed by atoms with Crippen LogP contribution in [0.1, 0.15) is 11.3 Å². The van der Waals surface area contributed by atoms with Gasteiger partial charge >= 0.3 is 0 Å². The van der Waals surface area contributed by atoms with E-state index in [1.807, 2.05) is 16.8 Å². The molecule has 1 aliphatic rings. The van der Waals surface area contributed by atoms with Crippen molar-refractivity contribution >= 4 is 0 Å². The minimum Gasteiger partial charge on any atom is -0.369 e. The molecule has 0 fully saturated rings. The maximum atomic E-state index is 12.9. The second kappa shape index (κ2) is 7.08. The van der Waals surface area contributed by atoms with Crippen LogP contribution in [0.3, 0.4) is 0 Å². The van der Waals surface area contributed by atoms with Crippen LogP contribution in [0.15, 0.2) is 48.8 Å². The van der Waals surface area contributed by atoms with E-state index in [2.05, 4.69) is 20.6 Å².